The van der Waals surface area contributed by atoms with Gasteiger partial charge in [-0.25, -0.2) is 0 Å². The number of hydrogen-bond donors (Lipinski definition) is 1. The molecule has 0 radical (unpaired) electrons. The Bertz CT molecular complexity index is 425. The van der Waals surface area contributed by atoms with Crippen LogP contribution in [-0.4, -0.2) is 23.4 Å². The molecule has 1 amide bonds. The van der Waals surface area contributed by atoms with Gasteiger partial charge in [0.05, 0.1) is 0 Å². The molecule has 0 aliphatic carbocycles. The fourth-order valence-corrected chi connectivity index (χ4v) is 2.52. The molecule has 0 atom stereocenters. The molecule has 0 heterocycles. The first-order valence-electron chi connectivity index (χ1n) is 7.63. The van der Waals surface area contributed by atoms with E-state index < -0.39 is 0 Å². The lowest BCUT2D eigenvalue weighted by atomic mass is 10.0. The van der Waals surface area contributed by atoms with Crippen molar-refractivity contribution in [1.29, 1.82) is 0 Å². The van der Waals surface area contributed by atoms with Gasteiger partial charge in [0.2, 0.25) is 0 Å². The fraction of sp³-hybridized carbons (Fsp3) is 0.588. The lowest BCUT2D eigenvalue weighted by Crippen LogP contribution is -2.42. The molecule has 1 aromatic carbocycles. The summed E-state index contributed by atoms with van der Waals surface area (Å²) < 4.78 is 0. The van der Waals surface area contributed by atoms with Gasteiger partial charge < -0.3 is 10.6 Å². The second kappa shape index (κ2) is 8.05. The topological polar surface area (TPSA) is 46.3 Å². The monoisotopic (exact) mass is 276 g/mol. The molecule has 0 unspecified atom stereocenters. The standard InChI is InChI=1S/C17H28N2O/c1-5-16(6-2)19(12-13(3)4)17(20)15-9-7-8-14(10-15)11-18/h7-10,13,16H,5-6,11-12,18H2,1-4H3. The van der Waals surface area contributed by atoms with Crippen LogP contribution in [0.15, 0.2) is 24.3 Å². The fourth-order valence-electron chi connectivity index (χ4n) is 2.52. The summed E-state index contributed by atoms with van der Waals surface area (Å²) in [5.74, 6) is 0.597. The van der Waals surface area contributed by atoms with Gasteiger partial charge in [0.1, 0.15) is 0 Å². The van der Waals surface area contributed by atoms with E-state index in [-0.39, 0.29) is 5.91 Å². The first-order valence-corrected chi connectivity index (χ1v) is 7.63. The molecule has 2 N–H and O–H groups in total. The second-order valence-electron chi connectivity index (χ2n) is 5.73. The summed E-state index contributed by atoms with van der Waals surface area (Å²) >= 11 is 0. The minimum absolute atomic E-state index is 0.128. The Labute approximate surface area is 123 Å². The van der Waals surface area contributed by atoms with Crippen LogP contribution in [0.5, 0.6) is 0 Å². The molecule has 1 aromatic rings. The third kappa shape index (κ3) is 4.34. The molecule has 0 aliphatic heterocycles. The van der Waals surface area contributed by atoms with Crippen molar-refractivity contribution in [2.45, 2.75) is 53.1 Å². The van der Waals surface area contributed by atoms with E-state index in [1.54, 1.807) is 0 Å². The summed E-state index contributed by atoms with van der Waals surface area (Å²) in [6.45, 7) is 9.86. The SMILES string of the molecule is CCC(CC)N(CC(C)C)C(=O)c1cccc(CN)c1. The average Bonchev–Trinajstić information content (AvgIpc) is 2.46. The molecule has 3 nitrogen and oxygen atoms in total. The van der Waals surface area contributed by atoms with E-state index >= 15 is 0 Å². The van der Waals surface area contributed by atoms with Crippen molar-refractivity contribution in [3.05, 3.63) is 35.4 Å². The number of nitrogens with zero attached hydrogens (tertiary/aromatic N) is 1. The number of carbonyl (C=O) groups excluding carboxylic acids is 1. The highest BCUT2D eigenvalue weighted by molar-refractivity contribution is 5.94. The molecule has 20 heavy (non-hydrogen) atoms. The van der Waals surface area contributed by atoms with Crippen LogP contribution in [0.3, 0.4) is 0 Å². The zero-order valence-corrected chi connectivity index (χ0v) is 13.2. The van der Waals surface area contributed by atoms with Gasteiger partial charge in [-0.3, -0.25) is 4.79 Å². The summed E-state index contributed by atoms with van der Waals surface area (Å²) in [5.41, 5.74) is 7.42. The Morgan fingerprint density at radius 1 is 1.25 bits per heavy atom. The van der Waals surface area contributed by atoms with Gasteiger partial charge in [-0.05, 0) is 36.5 Å². The average molecular weight is 276 g/mol. The third-order valence-corrected chi connectivity index (χ3v) is 3.62. The van der Waals surface area contributed by atoms with Crippen molar-refractivity contribution in [2.24, 2.45) is 11.7 Å². The predicted octanol–water partition coefficient (Wildman–Crippen LogP) is 3.43. The summed E-state index contributed by atoms with van der Waals surface area (Å²) in [5, 5.41) is 0. The van der Waals surface area contributed by atoms with Crippen LogP contribution in [0.25, 0.3) is 0 Å². The Morgan fingerprint density at radius 2 is 1.90 bits per heavy atom. The number of nitrogens with two attached hydrogens (primary N) is 1. The molecule has 0 aliphatic rings. The van der Waals surface area contributed by atoms with Crippen LogP contribution in [0, 0.1) is 5.92 Å². The highest BCUT2D eigenvalue weighted by Gasteiger charge is 2.23. The van der Waals surface area contributed by atoms with Gasteiger partial charge in [0, 0.05) is 24.7 Å². The van der Waals surface area contributed by atoms with Gasteiger partial charge in [-0.2, -0.15) is 0 Å². The van der Waals surface area contributed by atoms with Crippen LogP contribution in [-0.2, 0) is 6.54 Å². The Balaban J connectivity index is 3.02. The van der Waals surface area contributed by atoms with Crippen molar-refractivity contribution >= 4 is 5.91 Å². The van der Waals surface area contributed by atoms with Crippen molar-refractivity contribution in [2.75, 3.05) is 6.54 Å². The molecule has 0 aromatic heterocycles. The molecule has 0 saturated carbocycles. The van der Waals surface area contributed by atoms with E-state index in [1.807, 2.05) is 29.2 Å². The zero-order valence-electron chi connectivity index (χ0n) is 13.2. The minimum Gasteiger partial charge on any atom is -0.335 e. The number of amides is 1. The molecule has 0 spiro atoms. The molecular weight excluding hydrogens is 248 g/mol. The van der Waals surface area contributed by atoms with E-state index in [0.717, 1.165) is 30.5 Å². The highest BCUT2D eigenvalue weighted by Crippen LogP contribution is 2.16. The van der Waals surface area contributed by atoms with Crippen molar-refractivity contribution < 1.29 is 4.79 Å². The van der Waals surface area contributed by atoms with Crippen molar-refractivity contribution in [3.63, 3.8) is 0 Å². The summed E-state index contributed by atoms with van der Waals surface area (Å²) in [7, 11) is 0. The van der Waals surface area contributed by atoms with Gasteiger partial charge in [0.15, 0.2) is 0 Å². The van der Waals surface area contributed by atoms with E-state index in [4.69, 9.17) is 5.73 Å². The third-order valence-electron chi connectivity index (χ3n) is 3.62. The van der Waals surface area contributed by atoms with E-state index in [1.165, 1.54) is 0 Å². The second-order valence-corrected chi connectivity index (χ2v) is 5.73. The van der Waals surface area contributed by atoms with Crippen LogP contribution in [0.1, 0.15) is 56.5 Å². The van der Waals surface area contributed by atoms with E-state index in [2.05, 4.69) is 27.7 Å². The van der Waals surface area contributed by atoms with Gasteiger partial charge >= 0.3 is 0 Å². The molecule has 112 valence electrons. The van der Waals surface area contributed by atoms with Crippen LogP contribution >= 0.6 is 0 Å². The maximum atomic E-state index is 12.8. The molecule has 0 bridgehead atoms. The first kappa shape index (κ1) is 16.7. The number of rotatable bonds is 7. The van der Waals surface area contributed by atoms with Crippen LogP contribution in [0.4, 0.5) is 0 Å². The van der Waals surface area contributed by atoms with Crippen molar-refractivity contribution in [3.8, 4) is 0 Å². The lowest BCUT2D eigenvalue weighted by Gasteiger charge is -2.32. The molecule has 0 fully saturated rings. The Hall–Kier alpha value is -1.35. The molecular formula is C17H28N2O. The smallest absolute Gasteiger partial charge is 0.254 e. The quantitative estimate of drug-likeness (QED) is 0.829. The van der Waals surface area contributed by atoms with Crippen LogP contribution in [0.2, 0.25) is 0 Å². The van der Waals surface area contributed by atoms with Gasteiger partial charge in [-0.15, -0.1) is 0 Å². The number of benzene rings is 1. The van der Waals surface area contributed by atoms with Crippen molar-refractivity contribution in [1.82, 2.24) is 4.90 Å². The van der Waals surface area contributed by atoms with Gasteiger partial charge in [0.25, 0.3) is 5.91 Å². The lowest BCUT2D eigenvalue weighted by molar-refractivity contribution is 0.0640. The first-order chi connectivity index (χ1) is 9.53. The number of hydrogen-bond acceptors (Lipinski definition) is 2. The summed E-state index contributed by atoms with van der Waals surface area (Å²) in [6.07, 6.45) is 1.98. The maximum Gasteiger partial charge on any atom is 0.254 e. The largest absolute Gasteiger partial charge is 0.335 e. The van der Waals surface area contributed by atoms with E-state index in [9.17, 15) is 4.79 Å². The number of carbonyl (C=O) groups is 1. The summed E-state index contributed by atoms with van der Waals surface area (Å²) in [4.78, 5) is 14.8. The van der Waals surface area contributed by atoms with Gasteiger partial charge in [-0.1, -0.05) is 39.8 Å². The maximum absolute atomic E-state index is 12.8. The highest BCUT2D eigenvalue weighted by atomic mass is 16.2. The van der Waals surface area contributed by atoms with E-state index in [0.29, 0.717) is 18.5 Å². The molecule has 1 rings (SSSR count). The minimum atomic E-state index is 0.128. The molecule has 0 saturated heterocycles. The predicted molar refractivity (Wildman–Crippen MR) is 84.6 cm³/mol. The Morgan fingerprint density at radius 3 is 2.40 bits per heavy atom. The summed E-state index contributed by atoms with van der Waals surface area (Å²) in [6, 6.07) is 7.98. The normalized spacial score (nSPS) is 11.2. The Kier molecular flexibility index (Phi) is 6.73. The molecule has 3 heteroatoms. The zero-order chi connectivity index (χ0) is 15.1. The van der Waals surface area contributed by atoms with Crippen LogP contribution < -0.4 is 5.73 Å².